The monoisotopic (exact) mass is 435 g/mol. The van der Waals surface area contributed by atoms with Gasteiger partial charge in [-0.2, -0.15) is 15.5 Å². The van der Waals surface area contributed by atoms with Crippen molar-refractivity contribution in [3.8, 4) is 17.2 Å². The Labute approximate surface area is 182 Å². The maximum Gasteiger partial charge on any atom is 0.119 e. The summed E-state index contributed by atoms with van der Waals surface area (Å²) in [6, 6.07) is 8.25. The zero-order valence-corrected chi connectivity index (χ0v) is 17.6. The second-order valence-electron chi connectivity index (χ2n) is 7.16. The Balaban J connectivity index is 1.58. The van der Waals surface area contributed by atoms with Crippen LogP contribution in [0.4, 0.5) is 0 Å². The van der Waals surface area contributed by atoms with E-state index in [4.69, 9.17) is 11.6 Å². The lowest BCUT2D eigenvalue weighted by molar-refractivity contribution is 0.347. The lowest BCUT2D eigenvalue weighted by Gasteiger charge is -2.22. The third-order valence-corrected chi connectivity index (χ3v) is 6.68. The highest BCUT2D eigenvalue weighted by Gasteiger charge is 2.18. The molecule has 0 aliphatic carbocycles. The summed E-state index contributed by atoms with van der Waals surface area (Å²) in [5.74, 6) is 0. The summed E-state index contributed by atoms with van der Waals surface area (Å²) in [7, 11) is 0. The molecule has 1 unspecified atom stereocenters. The van der Waals surface area contributed by atoms with Crippen LogP contribution in [0.15, 0.2) is 59.1 Å². The minimum Gasteiger partial charge on any atom is -0.315 e. The van der Waals surface area contributed by atoms with E-state index in [1.165, 1.54) is 11.8 Å². The average molecular weight is 436 g/mol. The third kappa shape index (κ3) is 3.56. The summed E-state index contributed by atoms with van der Waals surface area (Å²) in [6.45, 7) is 2.00. The highest BCUT2D eigenvalue weighted by molar-refractivity contribution is 7.99. The molecular weight excluding hydrogens is 418 g/mol. The summed E-state index contributed by atoms with van der Waals surface area (Å²) in [4.78, 5) is 5.25. The molecule has 1 aliphatic rings. The summed E-state index contributed by atoms with van der Waals surface area (Å²) in [5.41, 5.74) is 3.24. The first-order valence-corrected chi connectivity index (χ1v) is 10.9. The van der Waals surface area contributed by atoms with Gasteiger partial charge in [0.2, 0.25) is 0 Å². The number of fused-ring (bicyclic) bond motifs is 1. The standard InChI is InChI=1S/C21H18ClN7S/c22-18-4-2-6-25-21(18)30-19-7-14(12-29-20(19)15(8-23)9-27-29)16-10-26-28(13-16)17-3-1-5-24-11-17/h2,4,6-7,9-10,12-13,17,24H,1,3,5,11H2. The fourth-order valence-corrected chi connectivity index (χ4v) is 4.91. The van der Waals surface area contributed by atoms with E-state index in [1.54, 1.807) is 23.0 Å². The van der Waals surface area contributed by atoms with Crippen LogP contribution in [0.3, 0.4) is 0 Å². The van der Waals surface area contributed by atoms with Gasteiger partial charge in [-0.1, -0.05) is 23.4 Å². The van der Waals surface area contributed by atoms with Gasteiger partial charge in [-0.15, -0.1) is 0 Å². The van der Waals surface area contributed by atoms with Crippen molar-refractivity contribution in [3.63, 3.8) is 0 Å². The fourth-order valence-electron chi connectivity index (χ4n) is 3.70. The van der Waals surface area contributed by atoms with Crippen LogP contribution in [0, 0.1) is 11.3 Å². The summed E-state index contributed by atoms with van der Waals surface area (Å²) in [5, 5.41) is 23.2. The fraction of sp³-hybridized carbons (Fsp3) is 0.238. The molecule has 1 saturated heterocycles. The molecule has 0 bridgehead atoms. The second-order valence-corrected chi connectivity index (χ2v) is 8.60. The summed E-state index contributed by atoms with van der Waals surface area (Å²) in [6.07, 6.45) is 11.5. The topological polar surface area (TPSA) is 83.8 Å². The summed E-state index contributed by atoms with van der Waals surface area (Å²) < 4.78 is 3.78. The molecular formula is C21H18ClN7S. The minimum atomic E-state index is 0.368. The Morgan fingerprint density at radius 3 is 2.97 bits per heavy atom. The van der Waals surface area contributed by atoms with Gasteiger partial charge in [-0.05, 0) is 37.6 Å². The number of nitrogens with one attached hydrogen (secondary N) is 1. The van der Waals surface area contributed by atoms with Crippen molar-refractivity contribution in [1.82, 2.24) is 29.7 Å². The van der Waals surface area contributed by atoms with Crippen LogP contribution in [-0.4, -0.2) is 37.5 Å². The maximum atomic E-state index is 9.53. The molecule has 5 heterocycles. The number of piperidine rings is 1. The van der Waals surface area contributed by atoms with E-state index in [2.05, 4.69) is 32.8 Å². The molecule has 4 aromatic rings. The molecule has 0 spiro atoms. The molecule has 30 heavy (non-hydrogen) atoms. The smallest absolute Gasteiger partial charge is 0.119 e. The second kappa shape index (κ2) is 8.11. The molecule has 1 fully saturated rings. The van der Waals surface area contributed by atoms with Crippen LogP contribution in [0.1, 0.15) is 24.4 Å². The molecule has 5 rings (SSSR count). The average Bonchev–Trinajstić information content (AvgIpc) is 3.43. The number of nitrogens with zero attached hydrogens (tertiary/aromatic N) is 6. The highest BCUT2D eigenvalue weighted by Crippen LogP contribution is 2.37. The molecule has 7 nitrogen and oxygen atoms in total. The van der Waals surface area contributed by atoms with Crippen LogP contribution in [0.2, 0.25) is 5.02 Å². The lowest BCUT2D eigenvalue weighted by atomic mass is 10.1. The Hall–Kier alpha value is -2.86. The number of pyridine rings is 2. The first-order chi connectivity index (χ1) is 14.7. The molecule has 4 aromatic heterocycles. The molecule has 0 aromatic carbocycles. The molecule has 9 heteroatoms. The molecule has 0 amide bonds. The van der Waals surface area contributed by atoms with Gasteiger partial charge >= 0.3 is 0 Å². The van der Waals surface area contributed by atoms with Crippen LogP contribution in [-0.2, 0) is 0 Å². The first kappa shape index (κ1) is 19.1. The highest BCUT2D eigenvalue weighted by atomic mass is 35.5. The van der Waals surface area contributed by atoms with Gasteiger partial charge in [0.15, 0.2) is 0 Å². The summed E-state index contributed by atoms with van der Waals surface area (Å²) >= 11 is 7.76. The molecule has 0 saturated carbocycles. The van der Waals surface area contributed by atoms with Gasteiger partial charge in [0.05, 0.1) is 34.5 Å². The minimum absolute atomic E-state index is 0.368. The van der Waals surface area contributed by atoms with Gasteiger partial charge in [0, 0.05) is 41.2 Å². The number of hydrogen-bond donors (Lipinski definition) is 1. The quantitative estimate of drug-likeness (QED) is 0.517. The first-order valence-electron chi connectivity index (χ1n) is 9.68. The van der Waals surface area contributed by atoms with Gasteiger partial charge in [-0.3, -0.25) is 4.68 Å². The van der Waals surface area contributed by atoms with Crippen molar-refractivity contribution in [2.75, 3.05) is 13.1 Å². The molecule has 1 aliphatic heterocycles. The van der Waals surface area contributed by atoms with E-state index in [9.17, 15) is 5.26 Å². The predicted octanol–water partition coefficient (Wildman–Crippen LogP) is 4.19. The zero-order valence-electron chi connectivity index (χ0n) is 16.0. The Morgan fingerprint density at radius 2 is 2.17 bits per heavy atom. The van der Waals surface area contributed by atoms with E-state index in [0.29, 0.717) is 21.7 Å². The normalized spacial score (nSPS) is 16.6. The van der Waals surface area contributed by atoms with Gasteiger partial charge in [-0.25, -0.2) is 9.50 Å². The molecule has 1 N–H and O–H groups in total. The number of nitriles is 1. The van der Waals surface area contributed by atoms with Gasteiger partial charge in [0.25, 0.3) is 0 Å². The molecule has 150 valence electrons. The van der Waals surface area contributed by atoms with Gasteiger partial charge in [0.1, 0.15) is 11.1 Å². The van der Waals surface area contributed by atoms with Crippen molar-refractivity contribution < 1.29 is 0 Å². The third-order valence-electron chi connectivity index (χ3n) is 5.21. The lowest BCUT2D eigenvalue weighted by Crippen LogP contribution is -2.31. The van der Waals surface area contributed by atoms with Crippen molar-refractivity contribution in [1.29, 1.82) is 5.26 Å². The number of halogens is 1. The Kier molecular flexibility index (Phi) is 5.17. The molecule has 0 radical (unpaired) electrons. The van der Waals surface area contributed by atoms with Crippen LogP contribution < -0.4 is 5.32 Å². The SMILES string of the molecule is N#Cc1cnn2cc(-c3cnn(C4CCCNC4)c3)cc(Sc3ncccc3Cl)c12. The van der Waals surface area contributed by atoms with Crippen molar-refractivity contribution in [2.24, 2.45) is 0 Å². The van der Waals surface area contributed by atoms with E-state index >= 15 is 0 Å². The van der Waals surface area contributed by atoms with E-state index in [-0.39, 0.29) is 0 Å². The van der Waals surface area contributed by atoms with Crippen LogP contribution >= 0.6 is 23.4 Å². The van der Waals surface area contributed by atoms with Crippen molar-refractivity contribution in [3.05, 3.63) is 59.8 Å². The van der Waals surface area contributed by atoms with E-state index in [0.717, 1.165) is 47.5 Å². The van der Waals surface area contributed by atoms with Crippen LogP contribution in [0.5, 0.6) is 0 Å². The Bertz CT molecular complexity index is 1250. The Morgan fingerprint density at radius 1 is 1.23 bits per heavy atom. The predicted molar refractivity (Wildman–Crippen MR) is 116 cm³/mol. The molecule has 1 atom stereocenters. The number of rotatable bonds is 4. The van der Waals surface area contributed by atoms with Crippen LogP contribution in [0.25, 0.3) is 16.6 Å². The largest absolute Gasteiger partial charge is 0.315 e. The zero-order chi connectivity index (χ0) is 20.5. The van der Waals surface area contributed by atoms with Gasteiger partial charge < -0.3 is 5.32 Å². The maximum absolute atomic E-state index is 9.53. The number of hydrogen-bond acceptors (Lipinski definition) is 6. The van der Waals surface area contributed by atoms with Crippen molar-refractivity contribution >= 4 is 28.9 Å². The van der Waals surface area contributed by atoms with E-state index < -0.39 is 0 Å². The van der Waals surface area contributed by atoms with E-state index in [1.807, 2.05) is 29.2 Å². The number of aromatic nitrogens is 5. The van der Waals surface area contributed by atoms with Crippen molar-refractivity contribution in [2.45, 2.75) is 28.8 Å².